The number of nitrogens with one attached hydrogen (secondary N) is 2. The van der Waals surface area contributed by atoms with Crippen LogP contribution in [-0.2, 0) is 9.53 Å². The van der Waals surface area contributed by atoms with E-state index < -0.39 is 12.1 Å². The first-order valence-electron chi connectivity index (χ1n) is 6.53. The fourth-order valence-corrected chi connectivity index (χ4v) is 2.51. The Morgan fingerprint density at radius 2 is 2.24 bits per heavy atom. The summed E-state index contributed by atoms with van der Waals surface area (Å²) in [4.78, 5) is 26.5. The predicted octanol–water partition coefficient (Wildman–Crippen LogP) is 1.19. The zero-order valence-electron chi connectivity index (χ0n) is 11.1. The van der Waals surface area contributed by atoms with Gasteiger partial charge in [0.25, 0.3) is 5.91 Å². The lowest BCUT2D eigenvalue weighted by Gasteiger charge is -2.28. The second kappa shape index (κ2) is 5.38. The third-order valence-electron chi connectivity index (χ3n) is 3.48. The number of aromatic nitrogens is 1. The van der Waals surface area contributed by atoms with Crippen LogP contribution in [0.1, 0.15) is 16.9 Å². The van der Waals surface area contributed by atoms with E-state index in [0.717, 1.165) is 10.9 Å². The number of halogens is 1. The van der Waals surface area contributed by atoms with Crippen LogP contribution in [0.4, 0.5) is 0 Å². The first-order valence-corrected chi connectivity index (χ1v) is 6.91. The Morgan fingerprint density at radius 1 is 1.43 bits per heavy atom. The molecule has 2 aromatic rings. The Kier molecular flexibility index (Phi) is 3.57. The van der Waals surface area contributed by atoms with Crippen LogP contribution < -0.4 is 11.1 Å². The van der Waals surface area contributed by atoms with E-state index in [0.29, 0.717) is 10.7 Å². The molecule has 0 saturated carbocycles. The fourth-order valence-electron chi connectivity index (χ4n) is 2.33. The summed E-state index contributed by atoms with van der Waals surface area (Å²) in [5.74, 6) is -0.664. The van der Waals surface area contributed by atoms with E-state index in [1.165, 1.54) is 0 Å². The van der Waals surface area contributed by atoms with Gasteiger partial charge in [-0.05, 0) is 24.3 Å². The van der Waals surface area contributed by atoms with Gasteiger partial charge >= 0.3 is 5.97 Å². The smallest absolute Gasteiger partial charge is 0.307 e. The predicted molar refractivity (Wildman–Crippen MR) is 78.1 cm³/mol. The van der Waals surface area contributed by atoms with Crippen LogP contribution in [-0.4, -0.2) is 35.6 Å². The third-order valence-corrected chi connectivity index (χ3v) is 3.72. The number of aromatic amines is 1. The van der Waals surface area contributed by atoms with Crippen molar-refractivity contribution in [2.45, 2.75) is 18.5 Å². The van der Waals surface area contributed by atoms with Gasteiger partial charge in [-0.1, -0.05) is 11.6 Å². The molecular weight excluding hydrogens is 294 g/mol. The zero-order valence-corrected chi connectivity index (χ0v) is 11.8. The van der Waals surface area contributed by atoms with E-state index in [1.807, 2.05) is 0 Å². The maximum absolute atomic E-state index is 12.2. The summed E-state index contributed by atoms with van der Waals surface area (Å²) in [5, 5.41) is 4.21. The first kappa shape index (κ1) is 13.9. The van der Waals surface area contributed by atoms with E-state index in [1.54, 1.807) is 24.3 Å². The Morgan fingerprint density at radius 3 is 3.05 bits per heavy atom. The van der Waals surface area contributed by atoms with Crippen LogP contribution in [0, 0.1) is 0 Å². The number of benzene rings is 1. The molecule has 0 aliphatic carbocycles. The molecule has 2 heterocycles. The summed E-state index contributed by atoms with van der Waals surface area (Å²) in [6, 6.07) is 6.21. The summed E-state index contributed by atoms with van der Waals surface area (Å²) >= 11 is 5.92. The highest BCUT2D eigenvalue weighted by Gasteiger charge is 2.29. The Bertz CT molecular complexity index is 713. The number of carbonyl (C=O) groups is 2. The average molecular weight is 308 g/mol. The molecule has 2 atom stereocenters. The third kappa shape index (κ3) is 2.86. The Labute approximate surface area is 125 Å². The van der Waals surface area contributed by atoms with E-state index in [-0.39, 0.29) is 24.9 Å². The van der Waals surface area contributed by atoms with Gasteiger partial charge in [-0.3, -0.25) is 9.59 Å². The van der Waals surface area contributed by atoms with Crippen molar-refractivity contribution in [1.82, 2.24) is 10.3 Å². The van der Waals surface area contributed by atoms with Gasteiger partial charge in [-0.2, -0.15) is 0 Å². The highest BCUT2D eigenvalue weighted by Crippen LogP contribution is 2.20. The van der Waals surface area contributed by atoms with Gasteiger partial charge in [0.15, 0.2) is 0 Å². The van der Waals surface area contributed by atoms with Gasteiger partial charge in [0.1, 0.15) is 12.3 Å². The molecule has 3 rings (SSSR count). The molecule has 1 aliphatic rings. The molecule has 1 fully saturated rings. The molecule has 0 radical (unpaired) electrons. The van der Waals surface area contributed by atoms with Crippen molar-refractivity contribution in [3.8, 4) is 0 Å². The largest absolute Gasteiger partial charge is 0.464 e. The van der Waals surface area contributed by atoms with Gasteiger partial charge in [-0.15, -0.1) is 0 Å². The molecule has 0 bridgehead atoms. The van der Waals surface area contributed by atoms with Crippen molar-refractivity contribution in [2.24, 2.45) is 5.73 Å². The molecule has 7 heteroatoms. The molecule has 0 unspecified atom stereocenters. The van der Waals surface area contributed by atoms with Crippen molar-refractivity contribution < 1.29 is 14.3 Å². The molecule has 1 aliphatic heterocycles. The maximum Gasteiger partial charge on any atom is 0.307 e. The minimum absolute atomic E-state index is 0.0823. The van der Waals surface area contributed by atoms with Gasteiger partial charge in [0.2, 0.25) is 0 Å². The quantitative estimate of drug-likeness (QED) is 0.726. The highest BCUT2D eigenvalue weighted by molar-refractivity contribution is 6.31. The minimum atomic E-state index is -0.422. The lowest BCUT2D eigenvalue weighted by molar-refractivity contribution is -0.148. The zero-order chi connectivity index (χ0) is 15.0. The summed E-state index contributed by atoms with van der Waals surface area (Å²) in [7, 11) is 0. The van der Waals surface area contributed by atoms with Crippen molar-refractivity contribution in [1.29, 1.82) is 0 Å². The second-order valence-corrected chi connectivity index (χ2v) is 5.48. The van der Waals surface area contributed by atoms with Crippen molar-refractivity contribution in [3.63, 3.8) is 0 Å². The monoisotopic (exact) mass is 307 g/mol. The van der Waals surface area contributed by atoms with Crippen LogP contribution in [0.3, 0.4) is 0 Å². The highest BCUT2D eigenvalue weighted by atomic mass is 35.5. The minimum Gasteiger partial charge on any atom is -0.464 e. The van der Waals surface area contributed by atoms with Crippen LogP contribution >= 0.6 is 11.6 Å². The summed E-state index contributed by atoms with van der Waals surface area (Å²) < 4.78 is 4.83. The van der Waals surface area contributed by atoms with Crippen molar-refractivity contribution >= 4 is 34.4 Å². The molecule has 1 amide bonds. The number of nitrogens with two attached hydrogens (primary N) is 1. The summed E-state index contributed by atoms with van der Waals surface area (Å²) in [5.41, 5.74) is 7.06. The van der Waals surface area contributed by atoms with Crippen LogP contribution in [0.5, 0.6) is 0 Å². The number of hydrogen-bond acceptors (Lipinski definition) is 4. The van der Waals surface area contributed by atoms with E-state index in [2.05, 4.69) is 10.3 Å². The normalized spacial score (nSPS) is 22.1. The molecule has 1 aromatic carbocycles. The number of fused-ring (bicyclic) bond motifs is 1. The number of rotatable bonds is 2. The molecular formula is C14H14ClN3O3. The number of carbonyl (C=O) groups excluding carboxylic acids is 2. The maximum atomic E-state index is 12.2. The number of amides is 1. The molecule has 1 aromatic heterocycles. The lowest BCUT2D eigenvalue weighted by atomic mass is 10.0. The second-order valence-electron chi connectivity index (χ2n) is 5.05. The number of ether oxygens (including phenoxy) is 1. The van der Waals surface area contributed by atoms with Gasteiger partial charge in [-0.25, -0.2) is 0 Å². The Hall–Kier alpha value is -2.05. The Balaban J connectivity index is 1.78. The fraction of sp³-hybridized carbons (Fsp3) is 0.286. The summed E-state index contributed by atoms with van der Waals surface area (Å²) in [6.07, 6.45) is 0.0823. The standard InChI is InChI=1S/C14H14ClN3O3/c15-8-1-2-10-7(3-8)4-12(17-10)14(20)18-11-5-13(19)21-6-9(11)16/h1-4,9,11,17H,5-6,16H2,(H,18,20)/t9-,11+/m0/s1. The molecule has 6 nitrogen and oxygen atoms in total. The number of cyclic esters (lactones) is 1. The molecule has 0 spiro atoms. The number of esters is 1. The lowest BCUT2D eigenvalue weighted by Crippen LogP contribution is -2.54. The molecule has 21 heavy (non-hydrogen) atoms. The van der Waals surface area contributed by atoms with Crippen molar-refractivity contribution in [3.05, 3.63) is 35.0 Å². The van der Waals surface area contributed by atoms with E-state index in [9.17, 15) is 9.59 Å². The topological polar surface area (TPSA) is 97.2 Å². The van der Waals surface area contributed by atoms with Crippen LogP contribution in [0.25, 0.3) is 10.9 Å². The molecule has 1 saturated heterocycles. The van der Waals surface area contributed by atoms with Crippen molar-refractivity contribution in [2.75, 3.05) is 6.61 Å². The number of H-pyrrole nitrogens is 1. The van der Waals surface area contributed by atoms with E-state index >= 15 is 0 Å². The van der Waals surface area contributed by atoms with Crippen LogP contribution in [0.2, 0.25) is 5.02 Å². The summed E-state index contributed by atoms with van der Waals surface area (Å²) in [6.45, 7) is 0.117. The molecule has 110 valence electrons. The first-order chi connectivity index (χ1) is 10.0. The average Bonchev–Trinajstić information content (AvgIpc) is 2.86. The van der Waals surface area contributed by atoms with Gasteiger partial charge < -0.3 is 20.8 Å². The van der Waals surface area contributed by atoms with Gasteiger partial charge in [0, 0.05) is 15.9 Å². The number of hydrogen-bond donors (Lipinski definition) is 3. The SMILES string of the molecule is N[C@H]1COC(=O)C[C@H]1NC(=O)c1cc2cc(Cl)ccc2[nH]1. The molecule has 4 N–H and O–H groups in total. The van der Waals surface area contributed by atoms with E-state index in [4.69, 9.17) is 22.1 Å². The van der Waals surface area contributed by atoms with Gasteiger partial charge in [0.05, 0.1) is 18.5 Å². The van der Waals surface area contributed by atoms with Crippen LogP contribution in [0.15, 0.2) is 24.3 Å².